The van der Waals surface area contributed by atoms with Crippen molar-refractivity contribution in [3.63, 3.8) is 0 Å². The standard InChI is InChI=1S/C6H12O2.C4H10O.C2H6O/c1-2-3-4-5-6(7)8;1-2-3-4-5;1-2-3/h2-5H2,1H3,(H,7,8);5H,2-4H2,1H3;3H,2H2,1H3. The zero-order chi connectivity index (χ0) is 13.2. The molecule has 0 aromatic carbocycles. The van der Waals surface area contributed by atoms with Crippen LogP contribution in [0.5, 0.6) is 0 Å². The molecule has 0 spiro atoms. The smallest absolute Gasteiger partial charge is 0.303 e. The summed E-state index contributed by atoms with van der Waals surface area (Å²) in [6.45, 7) is 6.38. The van der Waals surface area contributed by atoms with E-state index in [-0.39, 0.29) is 6.61 Å². The Kier molecular flexibility index (Phi) is 31.0. The van der Waals surface area contributed by atoms with Crippen LogP contribution in [-0.4, -0.2) is 34.5 Å². The molecule has 100 valence electrons. The number of hydrogen-bond donors (Lipinski definition) is 3. The minimum atomic E-state index is -0.682. The maximum atomic E-state index is 9.87. The molecule has 0 bridgehead atoms. The third-order valence-electron chi connectivity index (χ3n) is 1.51. The fraction of sp³-hybridized carbons (Fsp3) is 0.917. The second-order valence-electron chi connectivity index (χ2n) is 3.24. The first-order chi connectivity index (χ1) is 7.60. The van der Waals surface area contributed by atoms with Crippen molar-refractivity contribution in [2.45, 2.75) is 59.3 Å². The molecule has 0 aromatic heterocycles. The van der Waals surface area contributed by atoms with Crippen LogP contribution in [0.4, 0.5) is 0 Å². The predicted octanol–water partition coefficient (Wildman–Crippen LogP) is 2.43. The molecule has 0 unspecified atom stereocenters. The van der Waals surface area contributed by atoms with E-state index in [2.05, 4.69) is 13.8 Å². The first-order valence-electron chi connectivity index (χ1n) is 6.04. The zero-order valence-corrected chi connectivity index (χ0v) is 10.9. The van der Waals surface area contributed by atoms with E-state index in [0.717, 1.165) is 32.1 Å². The molecule has 0 saturated carbocycles. The van der Waals surface area contributed by atoms with Crippen molar-refractivity contribution in [3.8, 4) is 0 Å². The van der Waals surface area contributed by atoms with Gasteiger partial charge in [0.05, 0.1) is 0 Å². The maximum absolute atomic E-state index is 9.87. The predicted molar refractivity (Wildman–Crippen MR) is 66.5 cm³/mol. The van der Waals surface area contributed by atoms with E-state index in [1.54, 1.807) is 6.92 Å². The summed E-state index contributed by atoms with van der Waals surface area (Å²) < 4.78 is 0. The van der Waals surface area contributed by atoms with Crippen LogP contribution >= 0.6 is 0 Å². The highest BCUT2D eigenvalue weighted by atomic mass is 16.4. The van der Waals surface area contributed by atoms with Crippen molar-refractivity contribution in [2.75, 3.05) is 13.2 Å². The average molecular weight is 236 g/mol. The molecule has 0 amide bonds. The number of hydrogen-bond acceptors (Lipinski definition) is 3. The summed E-state index contributed by atoms with van der Waals surface area (Å²) in [5.74, 6) is -0.682. The van der Waals surface area contributed by atoms with E-state index in [0.29, 0.717) is 13.0 Å². The third kappa shape index (κ3) is 50.3. The van der Waals surface area contributed by atoms with Gasteiger partial charge in [0.2, 0.25) is 0 Å². The summed E-state index contributed by atoms with van der Waals surface area (Å²) in [6.07, 6.45) is 5.32. The lowest BCUT2D eigenvalue weighted by Gasteiger charge is -1.89. The Bertz CT molecular complexity index is 114. The molecule has 16 heavy (non-hydrogen) atoms. The number of aliphatic carboxylic acids is 1. The molecule has 0 heterocycles. The Morgan fingerprint density at radius 2 is 1.38 bits per heavy atom. The van der Waals surface area contributed by atoms with E-state index in [4.69, 9.17) is 15.3 Å². The second-order valence-corrected chi connectivity index (χ2v) is 3.24. The first kappa shape index (κ1) is 20.8. The Balaban J connectivity index is -0.000000181. The van der Waals surface area contributed by atoms with Crippen molar-refractivity contribution in [3.05, 3.63) is 0 Å². The lowest BCUT2D eigenvalue weighted by atomic mass is 10.2. The number of aliphatic hydroxyl groups is 2. The van der Waals surface area contributed by atoms with Gasteiger partial charge >= 0.3 is 5.97 Å². The van der Waals surface area contributed by atoms with E-state index in [9.17, 15) is 4.79 Å². The van der Waals surface area contributed by atoms with Gasteiger partial charge in [0.15, 0.2) is 0 Å². The van der Waals surface area contributed by atoms with Crippen molar-refractivity contribution in [1.29, 1.82) is 0 Å². The van der Waals surface area contributed by atoms with Gasteiger partial charge in [0.25, 0.3) is 0 Å². The SMILES string of the molecule is CCCCCC(=O)O.CCCCO.CCO. The summed E-state index contributed by atoms with van der Waals surface area (Å²) in [5, 5.41) is 23.8. The number of carbonyl (C=O) groups is 1. The molecule has 3 N–H and O–H groups in total. The number of carboxylic acid groups (broad SMARTS) is 1. The highest BCUT2D eigenvalue weighted by Gasteiger charge is 1.92. The Morgan fingerprint density at radius 1 is 0.938 bits per heavy atom. The molecular weight excluding hydrogens is 208 g/mol. The molecular formula is C12H28O4. The van der Waals surface area contributed by atoms with Crippen LogP contribution in [-0.2, 0) is 4.79 Å². The highest BCUT2D eigenvalue weighted by molar-refractivity contribution is 5.66. The molecule has 0 aliphatic heterocycles. The molecule has 4 nitrogen and oxygen atoms in total. The van der Waals surface area contributed by atoms with Gasteiger partial charge in [-0.2, -0.15) is 0 Å². The van der Waals surface area contributed by atoms with Crippen LogP contribution < -0.4 is 0 Å². The fourth-order valence-corrected chi connectivity index (χ4v) is 0.684. The van der Waals surface area contributed by atoms with Crippen molar-refractivity contribution < 1.29 is 20.1 Å². The fourth-order valence-electron chi connectivity index (χ4n) is 0.684. The monoisotopic (exact) mass is 236 g/mol. The molecule has 0 rings (SSSR count). The zero-order valence-electron chi connectivity index (χ0n) is 10.9. The number of rotatable bonds is 6. The third-order valence-corrected chi connectivity index (χ3v) is 1.51. The lowest BCUT2D eigenvalue weighted by Crippen LogP contribution is -1.92. The molecule has 0 aromatic rings. The molecule has 0 saturated heterocycles. The average Bonchev–Trinajstić information content (AvgIpc) is 2.21. The largest absolute Gasteiger partial charge is 0.481 e. The number of carboxylic acids is 1. The van der Waals surface area contributed by atoms with Crippen LogP contribution in [0.2, 0.25) is 0 Å². The van der Waals surface area contributed by atoms with Crippen molar-refractivity contribution in [2.24, 2.45) is 0 Å². The summed E-state index contributed by atoms with van der Waals surface area (Å²) in [5.41, 5.74) is 0. The quantitative estimate of drug-likeness (QED) is 0.619. The maximum Gasteiger partial charge on any atom is 0.303 e. The summed E-state index contributed by atoms with van der Waals surface area (Å²) in [4.78, 5) is 9.87. The normalized spacial score (nSPS) is 8.31. The van der Waals surface area contributed by atoms with Gasteiger partial charge in [-0.25, -0.2) is 0 Å². The summed E-state index contributed by atoms with van der Waals surface area (Å²) in [6, 6.07) is 0. The van der Waals surface area contributed by atoms with Gasteiger partial charge in [-0.1, -0.05) is 33.1 Å². The molecule has 0 atom stereocenters. The van der Waals surface area contributed by atoms with E-state index in [1.807, 2.05) is 0 Å². The van der Waals surface area contributed by atoms with E-state index < -0.39 is 5.97 Å². The number of unbranched alkanes of at least 4 members (excludes halogenated alkanes) is 3. The Labute approximate surface area is 99.3 Å². The summed E-state index contributed by atoms with van der Waals surface area (Å²) in [7, 11) is 0. The molecule has 0 fully saturated rings. The second kappa shape index (κ2) is 23.9. The minimum absolute atomic E-state index is 0.250. The van der Waals surface area contributed by atoms with E-state index in [1.165, 1.54) is 0 Å². The Hall–Kier alpha value is -0.610. The molecule has 4 heteroatoms. The van der Waals surface area contributed by atoms with Crippen LogP contribution in [0.15, 0.2) is 0 Å². The van der Waals surface area contributed by atoms with E-state index >= 15 is 0 Å². The first-order valence-corrected chi connectivity index (χ1v) is 6.04. The molecule has 0 aliphatic carbocycles. The van der Waals surface area contributed by atoms with Crippen molar-refractivity contribution >= 4 is 5.97 Å². The van der Waals surface area contributed by atoms with Gasteiger partial charge < -0.3 is 15.3 Å². The number of aliphatic hydroxyl groups excluding tert-OH is 2. The van der Waals surface area contributed by atoms with Gasteiger partial charge in [0.1, 0.15) is 0 Å². The van der Waals surface area contributed by atoms with Gasteiger partial charge in [-0.05, 0) is 19.8 Å². The molecule has 0 radical (unpaired) electrons. The topological polar surface area (TPSA) is 77.8 Å². The van der Waals surface area contributed by atoms with Crippen LogP contribution in [0.25, 0.3) is 0 Å². The molecule has 0 aliphatic rings. The van der Waals surface area contributed by atoms with Gasteiger partial charge in [-0.15, -0.1) is 0 Å². The summed E-state index contributed by atoms with van der Waals surface area (Å²) >= 11 is 0. The Morgan fingerprint density at radius 3 is 1.56 bits per heavy atom. The van der Waals surface area contributed by atoms with Crippen LogP contribution in [0.3, 0.4) is 0 Å². The van der Waals surface area contributed by atoms with Gasteiger partial charge in [-0.3, -0.25) is 4.79 Å². The van der Waals surface area contributed by atoms with Crippen LogP contribution in [0.1, 0.15) is 59.3 Å². The van der Waals surface area contributed by atoms with Crippen molar-refractivity contribution in [1.82, 2.24) is 0 Å². The van der Waals surface area contributed by atoms with Gasteiger partial charge in [0, 0.05) is 19.6 Å². The van der Waals surface area contributed by atoms with Crippen LogP contribution in [0, 0.1) is 0 Å². The lowest BCUT2D eigenvalue weighted by molar-refractivity contribution is -0.137. The minimum Gasteiger partial charge on any atom is -0.481 e. The highest BCUT2D eigenvalue weighted by Crippen LogP contribution is 1.97.